The second-order valence-corrected chi connectivity index (χ2v) is 8.25. The summed E-state index contributed by atoms with van der Waals surface area (Å²) >= 11 is 0. The molecule has 1 aliphatic rings. The minimum absolute atomic E-state index is 0.0163. The highest BCUT2D eigenvalue weighted by Gasteiger charge is 2.58. The van der Waals surface area contributed by atoms with Crippen molar-refractivity contribution >= 4 is 5.97 Å². The lowest BCUT2D eigenvalue weighted by atomic mass is 9.55. The number of ether oxygens (including phenoxy) is 1. The number of carbonyl (C=O) groups is 1. The maximum Gasteiger partial charge on any atom is 0.416 e. The average molecular weight is 461 g/mol. The summed E-state index contributed by atoms with van der Waals surface area (Å²) in [4.78, 5) is 11.5. The SMILES string of the molecule is CC(OCC1(c2ccccc2)CC(N)(C(=O)O)C1)c1cc(C(F)(F)F)cc(C(F)(F)F)c1. The van der Waals surface area contributed by atoms with Crippen molar-refractivity contribution in [1.82, 2.24) is 0 Å². The Morgan fingerprint density at radius 1 is 1.03 bits per heavy atom. The molecule has 32 heavy (non-hydrogen) atoms. The molecule has 0 amide bonds. The van der Waals surface area contributed by atoms with Gasteiger partial charge in [0.2, 0.25) is 0 Å². The molecule has 2 aromatic rings. The van der Waals surface area contributed by atoms with Crippen LogP contribution in [0.1, 0.15) is 48.1 Å². The molecule has 0 saturated heterocycles. The molecule has 1 aliphatic carbocycles. The summed E-state index contributed by atoms with van der Waals surface area (Å²) in [5.41, 5.74) is 1.20. The quantitative estimate of drug-likeness (QED) is 0.572. The smallest absolute Gasteiger partial charge is 0.416 e. The van der Waals surface area contributed by atoms with Crippen LogP contribution < -0.4 is 5.73 Å². The molecule has 3 rings (SSSR count). The van der Waals surface area contributed by atoms with Crippen molar-refractivity contribution in [1.29, 1.82) is 0 Å². The number of benzene rings is 2. The molecule has 0 bridgehead atoms. The van der Waals surface area contributed by atoms with E-state index in [2.05, 4.69) is 0 Å². The first-order valence-electron chi connectivity index (χ1n) is 9.65. The highest BCUT2D eigenvalue weighted by atomic mass is 19.4. The van der Waals surface area contributed by atoms with Gasteiger partial charge in [-0.25, -0.2) is 0 Å². The van der Waals surface area contributed by atoms with Gasteiger partial charge in [0.25, 0.3) is 0 Å². The van der Waals surface area contributed by atoms with Crippen LogP contribution in [0.4, 0.5) is 26.3 Å². The van der Waals surface area contributed by atoms with E-state index in [1.165, 1.54) is 6.92 Å². The van der Waals surface area contributed by atoms with Gasteiger partial charge in [0, 0.05) is 5.41 Å². The molecule has 0 radical (unpaired) electrons. The molecule has 0 spiro atoms. The number of rotatable bonds is 6. The van der Waals surface area contributed by atoms with Gasteiger partial charge in [-0.1, -0.05) is 30.3 Å². The minimum atomic E-state index is -4.96. The van der Waals surface area contributed by atoms with E-state index >= 15 is 0 Å². The van der Waals surface area contributed by atoms with Gasteiger partial charge in [-0.05, 0) is 49.1 Å². The van der Waals surface area contributed by atoms with Crippen molar-refractivity contribution in [3.8, 4) is 0 Å². The molecule has 1 fully saturated rings. The third-order valence-electron chi connectivity index (χ3n) is 5.81. The number of aliphatic carboxylic acids is 1. The van der Waals surface area contributed by atoms with Crippen LogP contribution in [0.25, 0.3) is 0 Å². The van der Waals surface area contributed by atoms with E-state index in [-0.39, 0.29) is 31.1 Å². The van der Waals surface area contributed by atoms with Gasteiger partial charge >= 0.3 is 18.3 Å². The molecule has 1 saturated carbocycles. The molecular formula is C22H21F6NO3. The lowest BCUT2D eigenvalue weighted by Gasteiger charge is -2.52. The highest BCUT2D eigenvalue weighted by Crippen LogP contribution is 2.50. The summed E-state index contributed by atoms with van der Waals surface area (Å²) < 4.78 is 84.6. The Morgan fingerprint density at radius 2 is 1.53 bits per heavy atom. The number of halogens is 6. The van der Waals surface area contributed by atoms with Crippen LogP contribution in [0.2, 0.25) is 0 Å². The number of nitrogens with two attached hydrogens (primary N) is 1. The molecule has 1 atom stereocenters. The highest BCUT2D eigenvalue weighted by molar-refractivity contribution is 5.81. The van der Waals surface area contributed by atoms with Crippen LogP contribution in [0, 0.1) is 0 Å². The van der Waals surface area contributed by atoms with Gasteiger partial charge in [-0.15, -0.1) is 0 Å². The minimum Gasteiger partial charge on any atom is -0.480 e. The predicted octanol–water partition coefficient (Wildman–Crippen LogP) is 5.32. The van der Waals surface area contributed by atoms with E-state index in [0.29, 0.717) is 12.1 Å². The Balaban J connectivity index is 1.87. The fourth-order valence-electron chi connectivity index (χ4n) is 4.08. The fraction of sp³-hybridized carbons (Fsp3) is 0.409. The Morgan fingerprint density at radius 3 is 1.97 bits per heavy atom. The molecule has 0 heterocycles. The van der Waals surface area contributed by atoms with Crippen LogP contribution in [-0.2, 0) is 27.3 Å². The standard InChI is InChI=1S/C22H21F6NO3/c1-13(14-7-16(21(23,24)25)9-17(8-14)22(26,27)28)32-12-19(15-5-3-2-4-6-15)10-20(29,11-19)18(30)31/h2-9,13H,10-12,29H2,1H3,(H,30,31). The first-order chi connectivity index (χ1) is 14.7. The summed E-state index contributed by atoms with van der Waals surface area (Å²) in [6.45, 7) is 1.22. The van der Waals surface area contributed by atoms with Gasteiger partial charge in [-0.3, -0.25) is 4.79 Å². The lowest BCUT2D eigenvalue weighted by molar-refractivity contribution is -0.152. The van der Waals surface area contributed by atoms with Crippen molar-refractivity contribution < 1.29 is 41.0 Å². The van der Waals surface area contributed by atoms with E-state index in [4.69, 9.17) is 10.5 Å². The zero-order valence-corrected chi connectivity index (χ0v) is 16.9. The van der Waals surface area contributed by atoms with E-state index in [9.17, 15) is 36.2 Å². The molecule has 0 aliphatic heterocycles. The van der Waals surface area contributed by atoms with Gasteiger partial charge in [-0.2, -0.15) is 26.3 Å². The van der Waals surface area contributed by atoms with E-state index < -0.39 is 46.5 Å². The number of carboxylic acid groups (broad SMARTS) is 1. The summed E-state index contributed by atoms with van der Waals surface area (Å²) in [5, 5.41) is 9.36. The number of alkyl halides is 6. The zero-order valence-electron chi connectivity index (χ0n) is 16.9. The van der Waals surface area contributed by atoms with Crippen LogP contribution in [0.3, 0.4) is 0 Å². The summed E-state index contributed by atoms with van der Waals surface area (Å²) in [6, 6.07) is 10.0. The number of hydrogen-bond acceptors (Lipinski definition) is 3. The monoisotopic (exact) mass is 461 g/mol. The van der Waals surface area contributed by atoms with Gasteiger partial charge in [0.15, 0.2) is 0 Å². The van der Waals surface area contributed by atoms with Crippen molar-refractivity contribution in [2.75, 3.05) is 6.61 Å². The van der Waals surface area contributed by atoms with Crippen molar-refractivity contribution in [2.45, 2.75) is 49.2 Å². The molecular weight excluding hydrogens is 440 g/mol. The number of hydrogen-bond donors (Lipinski definition) is 2. The van der Waals surface area contributed by atoms with Crippen LogP contribution in [0.15, 0.2) is 48.5 Å². The second kappa shape index (κ2) is 8.08. The second-order valence-electron chi connectivity index (χ2n) is 8.25. The normalized spacial score (nSPS) is 24.6. The summed E-state index contributed by atoms with van der Waals surface area (Å²) in [5.74, 6) is -1.19. The Labute approximate surface area is 180 Å². The van der Waals surface area contributed by atoms with Crippen LogP contribution >= 0.6 is 0 Å². The van der Waals surface area contributed by atoms with Gasteiger partial charge in [0.1, 0.15) is 5.54 Å². The Kier molecular flexibility index (Phi) is 6.07. The maximum atomic E-state index is 13.1. The number of carboxylic acids is 1. The lowest BCUT2D eigenvalue weighted by Crippen LogP contribution is -2.66. The largest absolute Gasteiger partial charge is 0.480 e. The van der Waals surface area contributed by atoms with Crippen LogP contribution in [-0.4, -0.2) is 23.2 Å². The maximum absolute atomic E-state index is 13.1. The molecule has 10 heteroatoms. The Hall–Kier alpha value is -2.59. The third-order valence-corrected chi connectivity index (χ3v) is 5.81. The molecule has 1 unspecified atom stereocenters. The summed E-state index contributed by atoms with van der Waals surface area (Å²) in [7, 11) is 0. The first kappa shape index (κ1) is 24.1. The van der Waals surface area contributed by atoms with E-state index in [0.717, 1.165) is 5.56 Å². The van der Waals surface area contributed by atoms with Crippen LogP contribution in [0.5, 0.6) is 0 Å². The van der Waals surface area contributed by atoms with Crippen molar-refractivity contribution in [3.05, 3.63) is 70.8 Å². The predicted molar refractivity (Wildman–Crippen MR) is 103 cm³/mol. The topological polar surface area (TPSA) is 72.5 Å². The molecule has 4 nitrogen and oxygen atoms in total. The third kappa shape index (κ3) is 4.75. The van der Waals surface area contributed by atoms with E-state index in [1.807, 2.05) is 0 Å². The fourth-order valence-corrected chi connectivity index (χ4v) is 4.08. The first-order valence-corrected chi connectivity index (χ1v) is 9.65. The van der Waals surface area contributed by atoms with Gasteiger partial charge in [0.05, 0.1) is 23.8 Å². The average Bonchev–Trinajstić information content (AvgIpc) is 2.68. The Bertz CT molecular complexity index is 949. The van der Waals surface area contributed by atoms with Crippen molar-refractivity contribution in [2.24, 2.45) is 5.73 Å². The molecule has 3 N–H and O–H groups in total. The van der Waals surface area contributed by atoms with E-state index in [1.54, 1.807) is 30.3 Å². The molecule has 0 aromatic heterocycles. The molecule has 2 aromatic carbocycles. The molecule has 174 valence electrons. The van der Waals surface area contributed by atoms with Crippen molar-refractivity contribution in [3.63, 3.8) is 0 Å². The van der Waals surface area contributed by atoms with Gasteiger partial charge < -0.3 is 15.6 Å². The summed E-state index contributed by atoms with van der Waals surface area (Å²) in [6.07, 6.45) is -11.0. The zero-order chi connectivity index (χ0) is 23.9.